The van der Waals surface area contributed by atoms with Gasteiger partial charge in [-0.1, -0.05) is 74.5 Å². The molecule has 0 aliphatic rings. The van der Waals surface area contributed by atoms with E-state index in [9.17, 15) is 13.2 Å². The van der Waals surface area contributed by atoms with Crippen molar-refractivity contribution >= 4 is 22.5 Å². The number of Topliss-reactive ketones (excluding diaryl/α,β-unsaturated/α-hetero) is 1. The van der Waals surface area contributed by atoms with E-state index in [1.165, 1.54) is 0 Å². The van der Waals surface area contributed by atoms with E-state index in [0.717, 1.165) is 22.3 Å². The molecule has 3 aromatic carbocycles. The highest BCUT2D eigenvalue weighted by molar-refractivity contribution is 7.89. The average Bonchev–Trinajstić information content (AvgIpc) is 2.80. The van der Waals surface area contributed by atoms with Gasteiger partial charge in [-0.3, -0.25) is 9.79 Å². The molecule has 0 aliphatic heterocycles. The van der Waals surface area contributed by atoms with Crippen molar-refractivity contribution in [3.63, 3.8) is 0 Å². The van der Waals surface area contributed by atoms with Crippen molar-refractivity contribution in [2.45, 2.75) is 44.2 Å². The van der Waals surface area contributed by atoms with E-state index in [2.05, 4.69) is 16.4 Å². The Balaban J connectivity index is 1.87. The zero-order valence-electron chi connectivity index (χ0n) is 19.1. The number of carbonyl (C=O) groups excluding carboxylic acids is 1. The second-order valence-corrected chi connectivity index (χ2v) is 10.2. The Morgan fingerprint density at radius 2 is 1.55 bits per heavy atom. The maximum atomic E-state index is 13.3. The SMILES string of the molecule is C=NCc1cccc(-c2cccc(S(=O)(=O)N[C@H](CC(=O)C(C)C)Cc3ccccc3)c2)c1. The molecule has 0 aliphatic carbocycles. The number of ketones is 1. The van der Waals surface area contributed by atoms with Gasteiger partial charge in [0.15, 0.2) is 0 Å². The quantitative estimate of drug-likeness (QED) is 0.405. The Hall–Kier alpha value is -3.09. The van der Waals surface area contributed by atoms with E-state index in [1.807, 2.05) is 74.5 Å². The van der Waals surface area contributed by atoms with Crippen molar-refractivity contribution in [3.8, 4) is 11.1 Å². The molecule has 0 fully saturated rings. The molecule has 0 heterocycles. The highest BCUT2D eigenvalue weighted by Crippen LogP contribution is 2.24. The monoisotopic (exact) mass is 462 g/mol. The van der Waals surface area contributed by atoms with Crippen molar-refractivity contribution in [1.29, 1.82) is 0 Å². The molecule has 0 radical (unpaired) electrons. The lowest BCUT2D eigenvalue weighted by molar-refractivity contribution is -0.122. The minimum absolute atomic E-state index is 0.0278. The first-order valence-electron chi connectivity index (χ1n) is 11.0. The highest BCUT2D eigenvalue weighted by Gasteiger charge is 2.24. The predicted octanol–water partition coefficient (Wildman–Crippen LogP) is 5.06. The first kappa shape index (κ1) is 24.6. The third-order valence-corrected chi connectivity index (χ3v) is 6.96. The molecule has 0 saturated heterocycles. The van der Waals surface area contributed by atoms with Gasteiger partial charge in [-0.25, -0.2) is 13.1 Å². The smallest absolute Gasteiger partial charge is 0.240 e. The first-order valence-corrected chi connectivity index (χ1v) is 12.5. The zero-order valence-corrected chi connectivity index (χ0v) is 19.9. The molecule has 0 saturated carbocycles. The summed E-state index contributed by atoms with van der Waals surface area (Å²) in [6, 6.07) is 23.7. The van der Waals surface area contributed by atoms with Crippen LogP contribution in [-0.4, -0.2) is 27.0 Å². The van der Waals surface area contributed by atoms with Gasteiger partial charge in [-0.2, -0.15) is 0 Å². The van der Waals surface area contributed by atoms with Crippen LogP contribution in [-0.2, 0) is 27.8 Å². The molecule has 1 atom stereocenters. The van der Waals surface area contributed by atoms with Crippen LogP contribution in [0, 0.1) is 5.92 Å². The summed E-state index contributed by atoms with van der Waals surface area (Å²) in [6.07, 6.45) is 0.580. The topological polar surface area (TPSA) is 75.6 Å². The van der Waals surface area contributed by atoms with Gasteiger partial charge in [0, 0.05) is 18.4 Å². The summed E-state index contributed by atoms with van der Waals surface area (Å²) in [6.45, 7) is 7.69. The van der Waals surface area contributed by atoms with Crippen LogP contribution in [0.4, 0.5) is 0 Å². The van der Waals surface area contributed by atoms with Crippen LogP contribution >= 0.6 is 0 Å². The lowest BCUT2D eigenvalue weighted by atomic mass is 9.97. The molecule has 6 heteroatoms. The molecule has 0 amide bonds. The van der Waals surface area contributed by atoms with E-state index in [1.54, 1.807) is 18.2 Å². The number of nitrogens with one attached hydrogen (secondary N) is 1. The Morgan fingerprint density at radius 3 is 2.21 bits per heavy atom. The molecule has 3 aromatic rings. The standard InChI is InChI=1S/C27H30N2O3S/c1-20(2)27(30)18-25(16-21-9-5-4-6-10-21)29-33(31,32)26-14-8-13-24(17-26)23-12-7-11-22(15-23)19-28-3/h4-15,17,20,25,29H,3,16,18-19H2,1-2H3/t25-/m0/s1. The Bertz CT molecular complexity index is 1200. The van der Waals surface area contributed by atoms with Gasteiger partial charge in [-0.15, -0.1) is 0 Å². The summed E-state index contributed by atoms with van der Waals surface area (Å²) in [5.41, 5.74) is 3.68. The van der Waals surface area contributed by atoms with Gasteiger partial charge in [0.25, 0.3) is 0 Å². The second-order valence-electron chi connectivity index (χ2n) is 8.44. The van der Waals surface area contributed by atoms with Gasteiger partial charge in [0.05, 0.1) is 11.4 Å². The van der Waals surface area contributed by atoms with E-state index in [4.69, 9.17) is 0 Å². The van der Waals surface area contributed by atoms with Gasteiger partial charge >= 0.3 is 0 Å². The van der Waals surface area contributed by atoms with E-state index >= 15 is 0 Å². The van der Waals surface area contributed by atoms with Crippen LogP contribution in [0.5, 0.6) is 0 Å². The maximum Gasteiger partial charge on any atom is 0.240 e. The minimum Gasteiger partial charge on any atom is -0.299 e. The summed E-state index contributed by atoms with van der Waals surface area (Å²) >= 11 is 0. The number of rotatable bonds is 11. The Morgan fingerprint density at radius 1 is 0.909 bits per heavy atom. The first-order chi connectivity index (χ1) is 15.8. The summed E-state index contributed by atoms with van der Waals surface area (Å²) in [5, 5.41) is 0. The molecular formula is C27H30N2O3S. The molecule has 0 spiro atoms. The van der Waals surface area contributed by atoms with Gasteiger partial charge in [0.1, 0.15) is 5.78 Å². The number of hydrogen-bond acceptors (Lipinski definition) is 4. The fourth-order valence-corrected chi connectivity index (χ4v) is 4.92. The van der Waals surface area contributed by atoms with Crippen LogP contribution in [0.25, 0.3) is 11.1 Å². The fraction of sp³-hybridized carbons (Fsp3) is 0.259. The lowest BCUT2D eigenvalue weighted by Crippen LogP contribution is -2.38. The number of nitrogens with zero attached hydrogens (tertiary/aromatic N) is 1. The molecule has 172 valence electrons. The third kappa shape index (κ3) is 6.94. The number of hydrogen-bond donors (Lipinski definition) is 1. The van der Waals surface area contributed by atoms with Crippen molar-refractivity contribution in [3.05, 3.63) is 90.0 Å². The van der Waals surface area contributed by atoms with Gasteiger partial charge in [0.2, 0.25) is 10.0 Å². The minimum atomic E-state index is -3.83. The van der Waals surface area contributed by atoms with Crippen LogP contribution in [0.15, 0.2) is 88.8 Å². The van der Waals surface area contributed by atoms with Crippen LogP contribution in [0.2, 0.25) is 0 Å². The number of carbonyl (C=O) groups is 1. The Kier molecular flexibility index (Phi) is 8.31. The van der Waals surface area contributed by atoms with Crippen molar-refractivity contribution in [1.82, 2.24) is 4.72 Å². The molecule has 0 unspecified atom stereocenters. The number of benzene rings is 3. The van der Waals surface area contributed by atoms with Crippen molar-refractivity contribution < 1.29 is 13.2 Å². The fourth-order valence-electron chi connectivity index (χ4n) is 3.64. The van der Waals surface area contributed by atoms with Crippen molar-refractivity contribution in [2.75, 3.05) is 0 Å². The van der Waals surface area contributed by atoms with Crippen LogP contribution in [0.1, 0.15) is 31.4 Å². The summed E-state index contributed by atoms with van der Waals surface area (Å²) in [4.78, 5) is 16.5. The van der Waals surface area contributed by atoms with Crippen LogP contribution < -0.4 is 4.72 Å². The second kappa shape index (κ2) is 11.2. The maximum absolute atomic E-state index is 13.3. The predicted molar refractivity (Wildman–Crippen MR) is 134 cm³/mol. The molecule has 1 N–H and O–H groups in total. The number of sulfonamides is 1. The zero-order chi connectivity index (χ0) is 23.8. The van der Waals surface area contributed by atoms with Gasteiger partial charge < -0.3 is 0 Å². The number of aliphatic imine (C=N–C) groups is 1. The van der Waals surface area contributed by atoms with E-state index in [0.29, 0.717) is 13.0 Å². The summed E-state index contributed by atoms with van der Waals surface area (Å²) < 4.78 is 29.4. The normalized spacial score (nSPS) is 12.5. The van der Waals surface area contributed by atoms with E-state index in [-0.39, 0.29) is 23.0 Å². The Labute approximate surface area is 196 Å². The molecule has 0 aromatic heterocycles. The lowest BCUT2D eigenvalue weighted by Gasteiger charge is -2.20. The van der Waals surface area contributed by atoms with Crippen LogP contribution in [0.3, 0.4) is 0 Å². The molecule has 5 nitrogen and oxygen atoms in total. The third-order valence-electron chi connectivity index (χ3n) is 5.44. The molecular weight excluding hydrogens is 432 g/mol. The summed E-state index contributed by atoms with van der Waals surface area (Å²) in [7, 11) is -3.83. The molecule has 0 bridgehead atoms. The largest absolute Gasteiger partial charge is 0.299 e. The highest BCUT2D eigenvalue weighted by atomic mass is 32.2. The average molecular weight is 463 g/mol. The molecule has 33 heavy (non-hydrogen) atoms. The summed E-state index contributed by atoms with van der Waals surface area (Å²) in [5.74, 6) is -0.131. The van der Waals surface area contributed by atoms with Crippen molar-refractivity contribution in [2.24, 2.45) is 10.9 Å². The van der Waals surface area contributed by atoms with E-state index < -0.39 is 16.1 Å². The molecule has 3 rings (SSSR count). The van der Waals surface area contributed by atoms with Gasteiger partial charge in [-0.05, 0) is 53.6 Å².